The van der Waals surface area contributed by atoms with Gasteiger partial charge in [0.15, 0.2) is 5.75 Å². The minimum atomic E-state index is -3.98. The number of ether oxygens (including phenoxy) is 1. The maximum Gasteiger partial charge on any atom is 0.263 e. The minimum absolute atomic E-state index is 0. The number of hydrogen-bond acceptors (Lipinski definition) is 10. The van der Waals surface area contributed by atoms with Crippen LogP contribution in [0.4, 0.5) is 5.13 Å². The van der Waals surface area contributed by atoms with E-state index < -0.39 is 10.0 Å². The van der Waals surface area contributed by atoms with Crippen LogP contribution in [0.2, 0.25) is 0 Å². The molecule has 0 amide bonds. The van der Waals surface area contributed by atoms with Gasteiger partial charge in [-0.05, 0) is 42.0 Å². The highest BCUT2D eigenvalue weighted by atomic mass is 32.2. The van der Waals surface area contributed by atoms with Crippen LogP contribution < -0.4 is 14.8 Å². The highest BCUT2D eigenvalue weighted by Crippen LogP contribution is 2.37. The molecule has 0 bridgehead atoms. The molecule has 0 aliphatic carbocycles. The van der Waals surface area contributed by atoms with Crippen LogP contribution in [0.25, 0.3) is 22.4 Å². The van der Waals surface area contributed by atoms with Gasteiger partial charge >= 0.3 is 0 Å². The molecule has 0 fully saturated rings. The molecule has 0 radical (unpaired) electrons. The van der Waals surface area contributed by atoms with E-state index >= 15 is 0 Å². The Morgan fingerprint density at radius 1 is 1.00 bits per heavy atom. The van der Waals surface area contributed by atoms with Gasteiger partial charge in [0.1, 0.15) is 18.1 Å². The number of aromatic nitrogens is 4. The summed E-state index contributed by atoms with van der Waals surface area (Å²) in [7, 11) is -3.98. The summed E-state index contributed by atoms with van der Waals surface area (Å²) < 4.78 is 38.0. The summed E-state index contributed by atoms with van der Waals surface area (Å²) in [4.78, 5) is 12.8. The molecule has 5 rings (SSSR count). The number of hydrogen-bond donors (Lipinski definition) is 2. The third kappa shape index (κ3) is 6.72. The van der Waals surface area contributed by atoms with Gasteiger partial charge in [0.25, 0.3) is 10.0 Å². The zero-order valence-electron chi connectivity index (χ0n) is 22.1. The molecule has 0 aliphatic rings. The second-order valence-corrected chi connectivity index (χ2v) is 11.7. The predicted molar refractivity (Wildman–Crippen MR) is 161 cm³/mol. The fourth-order valence-electron chi connectivity index (χ4n) is 3.93. The van der Waals surface area contributed by atoms with Gasteiger partial charge in [0, 0.05) is 44.3 Å². The van der Waals surface area contributed by atoms with Crippen molar-refractivity contribution in [2.45, 2.75) is 31.3 Å². The van der Waals surface area contributed by atoms with E-state index in [1.165, 1.54) is 24.5 Å². The molecule has 10 nitrogen and oxygen atoms in total. The standard InChI is InChI=1S/C29H25N7O3S2.2H2/c1-19(2)32-16-23-12-21(10-11-31-23)25-14-26(20-6-4-3-5-7-20)33-17-28(25)39-27-9-8-24(13-22(27)15-30)41(37,38)36-29-34-18-35-40-29;;/h3-14,17-19,32H,16H2,1-2H3,(H,34,35,36);2*1H. The number of rotatable bonds is 10. The lowest BCUT2D eigenvalue weighted by Gasteiger charge is -2.15. The van der Waals surface area contributed by atoms with Gasteiger partial charge < -0.3 is 10.1 Å². The molecule has 3 aromatic heterocycles. The summed E-state index contributed by atoms with van der Waals surface area (Å²) in [6.45, 7) is 4.73. The Morgan fingerprint density at radius 2 is 1.83 bits per heavy atom. The number of anilines is 1. The summed E-state index contributed by atoms with van der Waals surface area (Å²) in [5, 5.41) is 13.4. The average Bonchev–Trinajstić information content (AvgIpc) is 3.49. The van der Waals surface area contributed by atoms with Gasteiger partial charge in [-0.3, -0.25) is 14.7 Å². The van der Waals surface area contributed by atoms with Crippen molar-refractivity contribution >= 4 is 26.7 Å². The molecule has 41 heavy (non-hydrogen) atoms. The first-order valence-corrected chi connectivity index (χ1v) is 14.8. The second-order valence-electron chi connectivity index (χ2n) is 9.23. The molecule has 0 saturated carbocycles. The SMILES string of the molecule is CC(C)NCc1cc(-c2cc(-c3ccccc3)ncc2Oc2ccc(S(=O)(=O)Nc3ncns3)cc2C#N)ccn1.[HH].[HH]. The van der Waals surface area contributed by atoms with E-state index in [0.29, 0.717) is 18.3 Å². The Balaban J connectivity index is 0.00000253. The van der Waals surface area contributed by atoms with Gasteiger partial charge in [-0.2, -0.15) is 9.64 Å². The van der Waals surface area contributed by atoms with Gasteiger partial charge in [-0.1, -0.05) is 44.2 Å². The Bertz CT molecular complexity index is 1820. The summed E-state index contributed by atoms with van der Waals surface area (Å²) in [6, 6.07) is 22.0. The Hall–Kier alpha value is -4.70. The second kappa shape index (κ2) is 12.2. The Labute approximate surface area is 244 Å². The van der Waals surface area contributed by atoms with Gasteiger partial charge in [0.05, 0.1) is 28.0 Å². The van der Waals surface area contributed by atoms with Gasteiger partial charge in [-0.15, -0.1) is 0 Å². The molecule has 0 aliphatic heterocycles. The largest absolute Gasteiger partial charge is 0.454 e. The normalized spacial score (nSPS) is 11.3. The molecule has 0 atom stereocenters. The molecule has 0 saturated heterocycles. The van der Waals surface area contributed by atoms with Crippen LogP contribution in [-0.2, 0) is 16.6 Å². The van der Waals surface area contributed by atoms with E-state index in [4.69, 9.17) is 4.74 Å². The topological polar surface area (TPSA) is 143 Å². The quantitative estimate of drug-likeness (QED) is 0.198. The van der Waals surface area contributed by atoms with Gasteiger partial charge in [0.2, 0.25) is 5.13 Å². The zero-order chi connectivity index (χ0) is 28.8. The van der Waals surface area contributed by atoms with E-state index in [0.717, 1.165) is 39.6 Å². The van der Waals surface area contributed by atoms with E-state index in [1.807, 2.05) is 54.6 Å². The number of sulfonamides is 1. The van der Waals surface area contributed by atoms with Crippen LogP contribution in [-0.4, -0.2) is 33.8 Å². The first-order valence-electron chi connectivity index (χ1n) is 12.6. The minimum Gasteiger partial charge on any atom is -0.454 e. The monoisotopic (exact) mass is 587 g/mol. The number of pyridine rings is 2. The van der Waals surface area contributed by atoms with Crippen molar-refractivity contribution in [3.8, 4) is 40.0 Å². The van der Waals surface area contributed by atoms with Gasteiger partial charge in [-0.25, -0.2) is 13.4 Å². The van der Waals surface area contributed by atoms with Crippen molar-refractivity contribution in [1.82, 2.24) is 24.6 Å². The van der Waals surface area contributed by atoms with Crippen LogP contribution >= 0.6 is 11.5 Å². The van der Waals surface area contributed by atoms with Crippen molar-refractivity contribution in [2.75, 3.05) is 4.72 Å². The smallest absolute Gasteiger partial charge is 0.263 e. The van der Waals surface area contributed by atoms with Crippen molar-refractivity contribution < 1.29 is 16.0 Å². The predicted octanol–water partition coefficient (Wildman–Crippen LogP) is 6.12. The maximum atomic E-state index is 12.8. The average molecular weight is 588 g/mol. The van der Waals surface area contributed by atoms with E-state index in [-0.39, 0.29) is 24.2 Å². The number of nitrogens with one attached hydrogen (secondary N) is 2. The molecule has 2 N–H and O–H groups in total. The molecular weight excluding hydrogens is 558 g/mol. The fraction of sp³-hybridized carbons (Fsp3) is 0.138. The lowest BCUT2D eigenvalue weighted by Crippen LogP contribution is -2.22. The number of nitriles is 1. The van der Waals surface area contributed by atoms with Crippen LogP contribution in [0, 0.1) is 11.3 Å². The first kappa shape index (κ1) is 27.9. The van der Waals surface area contributed by atoms with Crippen LogP contribution in [0.3, 0.4) is 0 Å². The number of nitrogens with zero attached hydrogens (tertiary/aromatic N) is 5. The number of benzene rings is 2. The van der Waals surface area contributed by atoms with E-state index in [1.54, 1.807) is 12.4 Å². The lowest BCUT2D eigenvalue weighted by molar-refractivity contribution is 0.480. The molecule has 12 heteroatoms. The van der Waals surface area contributed by atoms with Crippen LogP contribution in [0.15, 0.2) is 90.3 Å². The molecule has 0 spiro atoms. The molecule has 0 unspecified atom stereocenters. The van der Waals surface area contributed by atoms with Crippen molar-refractivity contribution in [3.05, 3.63) is 96.7 Å². The van der Waals surface area contributed by atoms with Crippen LogP contribution in [0.5, 0.6) is 11.5 Å². The molecular formula is C29H29N7O3S2. The third-order valence-electron chi connectivity index (χ3n) is 5.94. The Kier molecular flexibility index (Phi) is 8.30. The summed E-state index contributed by atoms with van der Waals surface area (Å²) in [5.41, 5.74) is 4.18. The highest BCUT2D eigenvalue weighted by Gasteiger charge is 2.20. The summed E-state index contributed by atoms with van der Waals surface area (Å²) in [5.74, 6) is 0.589. The first-order chi connectivity index (χ1) is 19.8. The fourth-order valence-corrected chi connectivity index (χ4v) is 5.62. The summed E-state index contributed by atoms with van der Waals surface area (Å²) in [6.07, 6.45) is 4.60. The third-order valence-corrected chi connectivity index (χ3v) is 7.99. The highest BCUT2D eigenvalue weighted by molar-refractivity contribution is 7.93. The summed E-state index contributed by atoms with van der Waals surface area (Å²) >= 11 is 0.907. The molecule has 3 heterocycles. The van der Waals surface area contributed by atoms with E-state index in [9.17, 15) is 13.7 Å². The molecule has 2 aromatic carbocycles. The molecule has 5 aromatic rings. The zero-order valence-corrected chi connectivity index (χ0v) is 23.8. The van der Waals surface area contributed by atoms with E-state index in [2.05, 4.69) is 43.2 Å². The lowest BCUT2D eigenvalue weighted by atomic mass is 10.0. The van der Waals surface area contributed by atoms with Crippen molar-refractivity contribution in [1.29, 1.82) is 5.26 Å². The molecule has 210 valence electrons. The van der Waals surface area contributed by atoms with Crippen molar-refractivity contribution in [3.63, 3.8) is 0 Å². The van der Waals surface area contributed by atoms with Crippen molar-refractivity contribution in [2.24, 2.45) is 0 Å². The van der Waals surface area contributed by atoms with Crippen LogP contribution in [0.1, 0.15) is 28.0 Å². The Morgan fingerprint density at radius 3 is 2.56 bits per heavy atom. The maximum absolute atomic E-state index is 12.8.